The number of pyridine rings is 1. The molecule has 0 aliphatic carbocycles. The Kier molecular flexibility index (Phi) is 6.20. The molecule has 10 heteroatoms. The number of anilines is 3. The molecule has 0 saturated carbocycles. The maximum atomic E-state index is 12.8. The van der Waals surface area contributed by atoms with Gasteiger partial charge in [0.15, 0.2) is 11.5 Å². The molecule has 0 atom stereocenters. The van der Waals surface area contributed by atoms with Crippen molar-refractivity contribution in [2.75, 3.05) is 41.3 Å². The summed E-state index contributed by atoms with van der Waals surface area (Å²) in [4.78, 5) is 20.3. The van der Waals surface area contributed by atoms with E-state index in [4.69, 9.17) is 0 Å². The summed E-state index contributed by atoms with van der Waals surface area (Å²) < 4.78 is 38.3. The molecule has 3 aromatic rings. The van der Waals surface area contributed by atoms with Crippen LogP contribution in [0.4, 0.5) is 30.5 Å². The standard InChI is InChI=1S/C22H21F3N6O/c23-22(24,25)16-7-9-19(26-15-16)30-11-4-12-31(14-13-30)20-10-8-18(28-29-20)21(32)27-17-5-2-1-3-6-17/h1-3,5-10,15H,4,11-14H2,(H,27,32). The number of carbonyl (C=O) groups excluding carboxylic acids is 1. The van der Waals surface area contributed by atoms with Gasteiger partial charge in [0.25, 0.3) is 5.91 Å². The molecule has 3 heterocycles. The third kappa shape index (κ3) is 5.13. The van der Waals surface area contributed by atoms with Crippen molar-refractivity contribution in [2.24, 2.45) is 0 Å². The van der Waals surface area contributed by atoms with Gasteiger partial charge in [-0.05, 0) is 42.8 Å². The van der Waals surface area contributed by atoms with Crippen LogP contribution in [-0.2, 0) is 6.18 Å². The van der Waals surface area contributed by atoms with E-state index in [2.05, 4.69) is 20.5 Å². The summed E-state index contributed by atoms with van der Waals surface area (Å²) in [7, 11) is 0. The molecule has 1 aliphatic heterocycles. The van der Waals surface area contributed by atoms with Gasteiger partial charge in [0.2, 0.25) is 0 Å². The molecule has 2 aromatic heterocycles. The van der Waals surface area contributed by atoms with E-state index in [1.165, 1.54) is 6.07 Å². The lowest BCUT2D eigenvalue weighted by Crippen LogP contribution is -2.31. The number of carbonyl (C=O) groups is 1. The number of nitrogens with zero attached hydrogens (tertiary/aromatic N) is 5. The van der Waals surface area contributed by atoms with Crippen LogP contribution < -0.4 is 15.1 Å². The number of para-hydroxylation sites is 1. The van der Waals surface area contributed by atoms with Gasteiger partial charge in [-0.1, -0.05) is 18.2 Å². The molecule has 4 rings (SSSR count). The molecule has 0 unspecified atom stereocenters. The Morgan fingerprint density at radius 2 is 1.53 bits per heavy atom. The number of aromatic nitrogens is 3. The maximum absolute atomic E-state index is 12.8. The topological polar surface area (TPSA) is 74.2 Å². The summed E-state index contributed by atoms with van der Waals surface area (Å²) in [5.74, 6) is 0.813. The Bertz CT molecular complexity index is 1040. The molecular formula is C22H21F3N6O. The molecule has 0 bridgehead atoms. The molecule has 0 radical (unpaired) electrons. The first-order valence-electron chi connectivity index (χ1n) is 10.1. The third-order valence-corrected chi connectivity index (χ3v) is 5.13. The van der Waals surface area contributed by atoms with Crippen molar-refractivity contribution >= 4 is 23.2 Å². The Morgan fingerprint density at radius 1 is 0.844 bits per heavy atom. The fourth-order valence-corrected chi connectivity index (χ4v) is 3.45. The van der Waals surface area contributed by atoms with E-state index in [9.17, 15) is 18.0 Å². The lowest BCUT2D eigenvalue weighted by molar-refractivity contribution is -0.137. The zero-order valence-electron chi connectivity index (χ0n) is 17.1. The molecule has 1 N–H and O–H groups in total. The number of nitrogens with one attached hydrogen (secondary N) is 1. The number of halogens is 3. The van der Waals surface area contributed by atoms with Crippen LogP contribution in [-0.4, -0.2) is 47.3 Å². The Morgan fingerprint density at radius 3 is 2.12 bits per heavy atom. The predicted molar refractivity (Wildman–Crippen MR) is 115 cm³/mol. The Hall–Kier alpha value is -3.69. The quantitative estimate of drug-likeness (QED) is 0.662. The van der Waals surface area contributed by atoms with E-state index in [1.54, 1.807) is 24.3 Å². The van der Waals surface area contributed by atoms with Gasteiger partial charge in [-0.3, -0.25) is 4.79 Å². The number of benzene rings is 1. The summed E-state index contributed by atoms with van der Waals surface area (Å²) in [6, 6.07) is 14.9. The van der Waals surface area contributed by atoms with Crippen molar-refractivity contribution < 1.29 is 18.0 Å². The number of amides is 1. The molecule has 32 heavy (non-hydrogen) atoms. The molecule has 1 saturated heterocycles. The summed E-state index contributed by atoms with van der Waals surface area (Å²) in [5.41, 5.74) is 0.125. The van der Waals surface area contributed by atoms with Crippen LogP contribution in [0, 0.1) is 0 Å². The highest BCUT2D eigenvalue weighted by atomic mass is 19.4. The number of hydrogen-bond donors (Lipinski definition) is 1. The van der Waals surface area contributed by atoms with Crippen molar-refractivity contribution in [3.8, 4) is 0 Å². The smallest absolute Gasteiger partial charge is 0.355 e. The first kappa shape index (κ1) is 21.5. The predicted octanol–water partition coefficient (Wildman–Crippen LogP) is 3.86. The minimum atomic E-state index is -4.40. The molecule has 1 aliphatic rings. The van der Waals surface area contributed by atoms with Crippen LogP contribution in [0.25, 0.3) is 0 Å². The van der Waals surface area contributed by atoms with E-state index in [0.29, 0.717) is 43.5 Å². The zero-order chi connectivity index (χ0) is 22.6. The van der Waals surface area contributed by atoms with E-state index < -0.39 is 11.7 Å². The highest BCUT2D eigenvalue weighted by Crippen LogP contribution is 2.29. The average molecular weight is 442 g/mol. The molecule has 166 valence electrons. The van der Waals surface area contributed by atoms with Gasteiger partial charge < -0.3 is 15.1 Å². The summed E-state index contributed by atoms with van der Waals surface area (Å²) >= 11 is 0. The molecule has 1 amide bonds. The SMILES string of the molecule is O=C(Nc1ccccc1)c1ccc(N2CCCN(c3ccc(C(F)(F)F)cn3)CC2)nn1. The highest BCUT2D eigenvalue weighted by molar-refractivity contribution is 6.02. The Balaban J connectivity index is 1.37. The van der Waals surface area contributed by atoms with Crippen molar-refractivity contribution in [1.82, 2.24) is 15.2 Å². The minimum Gasteiger partial charge on any atom is -0.355 e. The van der Waals surface area contributed by atoms with Crippen molar-refractivity contribution in [3.63, 3.8) is 0 Å². The average Bonchev–Trinajstić information content (AvgIpc) is 3.06. The molecule has 1 aromatic carbocycles. The zero-order valence-corrected chi connectivity index (χ0v) is 17.1. The van der Waals surface area contributed by atoms with Crippen molar-refractivity contribution in [1.29, 1.82) is 0 Å². The second-order valence-electron chi connectivity index (χ2n) is 7.33. The largest absolute Gasteiger partial charge is 0.417 e. The molecule has 0 spiro atoms. The van der Waals surface area contributed by atoms with Crippen LogP contribution in [0.2, 0.25) is 0 Å². The first-order chi connectivity index (χ1) is 15.4. The van der Waals surface area contributed by atoms with Gasteiger partial charge in [0.1, 0.15) is 5.82 Å². The van der Waals surface area contributed by atoms with E-state index in [1.807, 2.05) is 28.0 Å². The van der Waals surface area contributed by atoms with E-state index >= 15 is 0 Å². The van der Waals surface area contributed by atoms with Crippen LogP contribution >= 0.6 is 0 Å². The molecule has 1 fully saturated rings. The minimum absolute atomic E-state index is 0.211. The van der Waals surface area contributed by atoms with Gasteiger partial charge in [0.05, 0.1) is 5.56 Å². The van der Waals surface area contributed by atoms with Gasteiger partial charge in [-0.15, -0.1) is 10.2 Å². The number of rotatable bonds is 4. The van der Waals surface area contributed by atoms with Crippen molar-refractivity contribution in [2.45, 2.75) is 12.6 Å². The second-order valence-corrected chi connectivity index (χ2v) is 7.33. The lowest BCUT2D eigenvalue weighted by Gasteiger charge is -2.23. The Labute approximate surface area is 182 Å². The van der Waals surface area contributed by atoms with Gasteiger partial charge in [0, 0.05) is 38.1 Å². The molecule has 7 nitrogen and oxygen atoms in total. The van der Waals surface area contributed by atoms with Crippen LogP contribution in [0.5, 0.6) is 0 Å². The number of alkyl halides is 3. The van der Waals surface area contributed by atoms with Crippen LogP contribution in [0.1, 0.15) is 22.5 Å². The number of hydrogen-bond acceptors (Lipinski definition) is 6. The third-order valence-electron chi connectivity index (χ3n) is 5.13. The van der Waals surface area contributed by atoms with Crippen LogP contribution in [0.15, 0.2) is 60.8 Å². The summed E-state index contributed by atoms with van der Waals surface area (Å²) in [6.07, 6.45) is -2.76. The van der Waals surface area contributed by atoms with Crippen molar-refractivity contribution in [3.05, 3.63) is 72.1 Å². The van der Waals surface area contributed by atoms with E-state index in [0.717, 1.165) is 18.7 Å². The molecular weight excluding hydrogens is 421 g/mol. The first-order valence-corrected chi connectivity index (χ1v) is 10.1. The fraction of sp³-hybridized carbons (Fsp3) is 0.273. The summed E-state index contributed by atoms with van der Waals surface area (Å²) in [5, 5.41) is 11.0. The normalized spacial score (nSPS) is 14.7. The van der Waals surface area contributed by atoms with E-state index in [-0.39, 0.29) is 11.6 Å². The van der Waals surface area contributed by atoms with Gasteiger partial charge >= 0.3 is 6.18 Å². The van der Waals surface area contributed by atoms with Gasteiger partial charge in [-0.2, -0.15) is 13.2 Å². The maximum Gasteiger partial charge on any atom is 0.417 e. The second kappa shape index (κ2) is 9.21. The fourth-order valence-electron chi connectivity index (χ4n) is 3.45. The highest BCUT2D eigenvalue weighted by Gasteiger charge is 2.31. The van der Waals surface area contributed by atoms with Gasteiger partial charge in [-0.25, -0.2) is 4.98 Å². The summed E-state index contributed by atoms with van der Waals surface area (Å²) in [6.45, 7) is 2.56. The van der Waals surface area contributed by atoms with Crippen LogP contribution in [0.3, 0.4) is 0 Å². The monoisotopic (exact) mass is 442 g/mol. The lowest BCUT2D eigenvalue weighted by atomic mass is 10.2.